The molecule has 3 saturated heterocycles. The number of rotatable bonds is 5. The molecule has 7 nitrogen and oxygen atoms in total. The van der Waals surface area contributed by atoms with Gasteiger partial charge in [0.2, 0.25) is 0 Å². The Kier molecular flexibility index (Phi) is 6.83. The molecule has 1 aromatic heterocycles. The third kappa shape index (κ3) is 4.71. The third-order valence-corrected chi connectivity index (χ3v) is 9.02. The van der Waals surface area contributed by atoms with Gasteiger partial charge < -0.3 is 19.5 Å². The molecule has 10 heteroatoms. The number of halogens is 3. The normalized spacial score (nSPS) is 24.0. The number of terminal acetylenes is 1. The number of hydrogen-bond donors (Lipinski definition) is 1. The minimum Gasteiger partial charge on any atom is -0.508 e. The topological polar surface area (TPSA) is 71.0 Å². The highest BCUT2D eigenvalue weighted by Gasteiger charge is 2.49. The molecule has 1 unspecified atom stereocenters. The van der Waals surface area contributed by atoms with Crippen LogP contribution in [0.4, 0.5) is 19.0 Å². The van der Waals surface area contributed by atoms with Crippen molar-refractivity contribution in [3.63, 3.8) is 0 Å². The summed E-state index contributed by atoms with van der Waals surface area (Å²) in [5.74, 6) is 1.47. The van der Waals surface area contributed by atoms with E-state index >= 15 is 4.39 Å². The van der Waals surface area contributed by atoms with Crippen LogP contribution in [-0.2, 0) is 4.74 Å². The van der Waals surface area contributed by atoms with E-state index in [1.54, 1.807) is 12.1 Å². The van der Waals surface area contributed by atoms with Crippen LogP contribution in [0, 0.1) is 24.0 Å². The van der Waals surface area contributed by atoms with Gasteiger partial charge >= 0.3 is 6.01 Å². The molecule has 3 atom stereocenters. The maximum atomic E-state index is 16.7. The molecule has 0 radical (unpaired) electrons. The number of benzene rings is 3. The van der Waals surface area contributed by atoms with E-state index in [1.165, 1.54) is 24.3 Å². The lowest BCUT2D eigenvalue weighted by Crippen LogP contribution is -2.44. The first-order valence-corrected chi connectivity index (χ1v) is 14.6. The predicted octanol–water partition coefficient (Wildman–Crippen LogP) is 5.60. The third-order valence-electron chi connectivity index (χ3n) is 9.02. The molecule has 4 aromatic rings. The number of anilines is 1. The first-order valence-electron chi connectivity index (χ1n) is 14.6. The van der Waals surface area contributed by atoms with E-state index in [0.29, 0.717) is 54.6 Å². The van der Waals surface area contributed by atoms with Crippen LogP contribution < -0.4 is 9.64 Å². The number of phenolic OH excluding ortho intramolecular Hbond substituents is 1. The number of hydrogen-bond acceptors (Lipinski definition) is 7. The Balaban J connectivity index is 1.38. The average Bonchev–Trinajstić information content (AvgIpc) is 3.51. The van der Waals surface area contributed by atoms with Crippen molar-refractivity contribution >= 4 is 27.5 Å². The zero-order valence-electron chi connectivity index (χ0n) is 23.7. The number of morpholine rings is 1. The highest BCUT2D eigenvalue weighted by Crippen LogP contribution is 2.42. The quantitative estimate of drug-likeness (QED) is 0.305. The van der Waals surface area contributed by atoms with Crippen LogP contribution in [0.2, 0.25) is 0 Å². The highest BCUT2D eigenvalue weighted by molar-refractivity contribution is 6.04. The van der Waals surface area contributed by atoms with Crippen molar-refractivity contribution < 1.29 is 27.8 Å². The number of alkyl halides is 1. The average molecular weight is 589 g/mol. The zero-order chi connectivity index (χ0) is 29.9. The van der Waals surface area contributed by atoms with Gasteiger partial charge in [0.1, 0.15) is 35.7 Å². The van der Waals surface area contributed by atoms with Crippen LogP contribution in [0.3, 0.4) is 0 Å². The minimum absolute atomic E-state index is 0.00245. The molecule has 3 aromatic carbocycles. The van der Waals surface area contributed by atoms with Gasteiger partial charge in [-0.05, 0) is 61.5 Å². The highest BCUT2D eigenvalue weighted by atomic mass is 19.1. The Morgan fingerprint density at radius 2 is 2.00 bits per heavy atom. The Bertz CT molecular complexity index is 1790. The minimum atomic E-state index is -0.915. The number of nitrogens with zero attached hydrogens (tertiary/aromatic N) is 4. The largest absolute Gasteiger partial charge is 0.508 e. The van der Waals surface area contributed by atoms with Gasteiger partial charge in [0, 0.05) is 42.4 Å². The lowest BCUT2D eigenvalue weighted by Gasteiger charge is -2.33. The SMILES string of the molecule is C#Cc1c(F)ccc2cc(O)cc(-c3ccc4c(N5CCO[C@@H](C)C5)nc(OC[C@@]56CCCN5CC(F)C6)nc4c3F)c12. The fourth-order valence-corrected chi connectivity index (χ4v) is 7.08. The van der Waals surface area contributed by atoms with Gasteiger partial charge in [-0.3, -0.25) is 4.90 Å². The van der Waals surface area contributed by atoms with Crippen LogP contribution in [0.15, 0.2) is 36.4 Å². The fraction of sp³-hybridized carbons (Fsp3) is 0.394. The van der Waals surface area contributed by atoms with E-state index in [9.17, 15) is 13.9 Å². The standard InChI is InChI=1S/C33H31F3N4O3/c1-3-23-27(35)8-5-20-13-22(41)14-26(28(20)23)24-6-7-25-30(29(24)36)37-32(38-31(25)39-11-12-42-19(2)16-39)43-18-33-9-4-10-40(33)17-21(34)15-33/h1,5-8,13-14,19,21,41H,4,9-12,15-18H2,2H3/t19-,21?,33-/m0/s1. The van der Waals surface area contributed by atoms with Crippen molar-refractivity contribution in [1.82, 2.24) is 14.9 Å². The fourth-order valence-electron chi connectivity index (χ4n) is 7.08. The molecule has 0 bridgehead atoms. The smallest absolute Gasteiger partial charge is 0.319 e. The molecule has 7 rings (SSSR count). The molecule has 43 heavy (non-hydrogen) atoms. The molecular formula is C33H31F3N4O3. The van der Waals surface area contributed by atoms with Gasteiger partial charge in [0.25, 0.3) is 0 Å². The number of fused-ring (bicyclic) bond motifs is 3. The number of aromatic nitrogens is 2. The Morgan fingerprint density at radius 3 is 2.81 bits per heavy atom. The van der Waals surface area contributed by atoms with E-state index in [2.05, 4.69) is 15.8 Å². The summed E-state index contributed by atoms with van der Waals surface area (Å²) in [5.41, 5.74) is -0.0998. The second-order valence-corrected chi connectivity index (χ2v) is 11.8. The van der Waals surface area contributed by atoms with Crippen LogP contribution in [0.1, 0.15) is 31.7 Å². The van der Waals surface area contributed by atoms with Crippen molar-refractivity contribution in [2.24, 2.45) is 0 Å². The maximum Gasteiger partial charge on any atom is 0.319 e. The van der Waals surface area contributed by atoms with Gasteiger partial charge in [0.05, 0.1) is 23.8 Å². The van der Waals surface area contributed by atoms with Gasteiger partial charge in [-0.2, -0.15) is 9.97 Å². The Hall–Kier alpha value is -4.07. The molecule has 0 amide bonds. The zero-order valence-corrected chi connectivity index (χ0v) is 23.7. The molecule has 4 heterocycles. The summed E-state index contributed by atoms with van der Waals surface area (Å²) in [6.45, 7) is 4.92. The molecule has 3 aliphatic rings. The van der Waals surface area contributed by atoms with Gasteiger partial charge in [-0.1, -0.05) is 18.1 Å². The monoisotopic (exact) mass is 588 g/mol. The summed E-state index contributed by atoms with van der Waals surface area (Å²) in [6.07, 6.45) is 6.84. The Morgan fingerprint density at radius 1 is 1.14 bits per heavy atom. The van der Waals surface area contributed by atoms with Crippen LogP contribution in [0.25, 0.3) is 32.8 Å². The second-order valence-electron chi connectivity index (χ2n) is 11.8. The van der Waals surface area contributed by atoms with E-state index in [4.69, 9.17) is 20.9 Å². The van der Waals surface area contributed by atoms with Crippen molar-refractivity contribution in [2.45, 2.75) is 44.0 Å². The lowest BCUT2D eigenvalue weighted by molar-refractivity contribution is 0.0529. The first kappa shape index (κ1) is 27.7. The second kappa shape index (κ2) is 10.6. The number of aromatic hydroxyl groups is 1. The van der Waals surface area contributed by atoms with E-state index < -0.39 is 23.3 Å². The van der Waals surface area contributed by atoms with Crippen LogP contribution >= 0.6 is 0 Å². The Labute approximate surface area is 247 Å². The van der Waals surface area contributed by atoms with Crippen molar-refractivity contribution in [3.8, 4) is 35.2 Å². The summed E-state index contributed by atoms with van der Waals surface area (Å²) in [7, 11) is 0. The van der Waals surface area contributed by atoms with Crippen molar-refractivity contribution in [2.75, 3.05) is 44.3 Å². The molecule has 222 valence electrons. The van der Waals surface area contributed by atoms with E-state index in [-0.39, 0.29) is 46.7 Å². The molecule has 0 saturated carbocycles. The molecule has 0 spiro atoms. The summed E-state index contributed by atoms with van der Waals surface area (Å²) in [4.78, 5) is 13.4. The summed E-state index contributed by atoms with van der Waals surface area (Å²) in [5, 5.41) is 11.8. The van der Waals surface area contributed by atoms with Crippen LogP contribution in [-0.4, -0.2) is 77.2 Å². The molecule has 1 N–H and O–H groups in total. The summed E-state index contributed by atoms with van der Waals surface area (Å²) >= 11 is 0. The van der Waals surface area contributed by atoms with Crippen molar-refractivity contribution in [3.05, 3.63) is 53.6 Å². The van der Waals surface area contributed by atoms with E-state index in [0.717, 1.165) is 19.4 Å². The lowest BCUT2D eigenvalue weighted by atomic mass is 9.93. The molecule has 3 aliphatic heterocycles. The first-order chi connectivity index (χ1) is 20.8. The van der Waals surface area contributed by atoms with Crippen molar-refractivity contribution in [1.29, 1.82) is 0 Å². The van der Waals surface area contributed by atoms with E-state index in [1.807, 2.05) is 11.8 Å². The van der Waals surface area contributed by atoms with Gasteiger partial charge in [-0.25, -0.2) is 13.2 Å². The molecular weight excluding hydrogens is 557 g/mol. The summed E-state index contributed by atoms with van der Waals surface area (Å²) < 4.78 is 57.8. The molecule has 0 aliphatic carbocycles. The number of ether oxygens (including phenoxy) is 2. The maximum absolute atomic E-state index is 16.7. The van der Waals surface area contributed by atoms with Gasteiger partial charge in [-0.15, -0.1) is 6.42 Å². The van der Waals surface area contributed by atoms with Gasteiger partial charge in [0.15, 0.2) is 5.82 Å². The number of phenols is 1. The van der Waals surface area contributed by atoms with Crippen LogP contribution in [0.5, 0.6) is 11.8 Å². The molecule has 3 fully saturated rings. The predicted molar refractivity (Wildman–Crippen MR) is 158 cm³/mol. The summed E-state index contributed by atoms with van der Waals surface area (Å²) in [6, 6.07) is 8.85.